The van der Waals surface area contributed by atoms with Gasteiger partial charge in [0.1, 0.15) is 23.7 Å². The van der Waals surface area contributed by atoms with Gasteiger partial charge in [-0.25, -0.2) is 18.2 Å². The number of amides is 3. The number of nitrogens with zero attached hydrogens (tertiary/aromatic N) is 7. The van der Waals surface area contributed by atoms with Crippen molar-refractivity contribution in [1.29, 1.82) is 0 Å². The van der Waals surface area contributed by atoms with E-state index in [2.05, 4.69) is 41.0 Å². The summed E-state index contributed by atoms with van der Waals surface area (Å²) in [5.41, 5.74) is 3.89. The second-order valence-electron chi connectivity index (χ2n) is 17.7. The number of fused-ring (bicyclic) bond motifs is 2. The Morgan fingerprint density at radius 3 is 2.16 bits per heavy atom. The molecule has 4 fully saturated rings. The number of nitrogens with one attached hydrogen (secondary N) is 3. The summed E-state index contributed by atoms with van der Waals surface area (Å²) >= 11 is 0. The molecule has 3 aromatic carbocycles. The highest BCUT2D eigenvalue weighted by Crippen LogP contribution is 2.33. The molecule has 5 aliphatic rings. The lowest BCUT2D eigenvalue weighted by atomic mass is 9.99. The lowest BCUT2D eigenvalue weighted by Gasteiger charge is -2.39. The van der Waals surface area contributed by atoms with Crippen molar-refractivity contribution >= 4 is 61.8 Å². The zero-order valence-corrected chi connectivity index (χ0v) is 37.3. The average Bonchev–Trinajstić information content (AvgIpc) is 4.06. The van der Waals surface area contributed by atoms with E-state index in [1.165, 1.54) is 6.20 Å². The van der Waals surface area contributed by atoms with Crippen molar-refractivity contribution in [3.05, 3.63) is 107 Å². The summed E-state index contributed by atoms with van der Waals surface area (Å²) in [4.78, 5) is 69.6. The van der Waals surface area contributed by atoms with Gasteiger partial charge < -0.3 is 19.7 Å². The van der Waals surface area contributed by atoms with Crippen molar-refractivity contribution in [2.75, 3.05) is 93.1 Å². The minimum Gasteiger partial charge on any atom is -0.369 e. The van der Waals surface area contributed by atoms with E-state index in [4.69, 9.17) is 0 Å². The first kappa shape index (κ1) is 44.5. The number of pyridine rings is 1. The zero-order chi connectivity index (χ0) is 46.6. The van der Waals surface area contributed by atoms with Gasteiger partial charge in [0, 0.05) is 137 Å². The number of H-pyrrole nitrogens is 1. The molecule has 0 radical (unpaired) electrons. The largest absolute Gasteiger partial charge is 0.369 e. The molecule has 16 nitrogen and oxygen atoms in total. The fourth-order valence-electron chi connectivity index (χ4n) is 9.80. The number of aromatic nitrogens is 2. The summed E-state index contributed by atoms with van der Waals surface area (Å²) in [6, 6.07) is 16.7. The molecule has 0 saturated carbocycles. The van der Waals surface area contributed by atoms with Gasteiger partial charge in [-0.05, 0) is 72.5 Å². The van der Waals surface area contributed by atoms with Gasteiger partial charge in [-0.3, -0.25) is 39.0 Å². The molecular formula is C47H49F3N10O6S. The molecule has 3 N–H and O–H groups in total. The Kier molecular flexibility index (Phi) is 12.0. The lowest BCUT2D eigenvalue weighted by molar-refractivity contribution is -0.136. The van der Waals surface area contributed by atoms with E-state index in [-0.39, 0.29) is 43.3 Å². The normalized spacial score (nSPS) is 21.1. The molecule has 1 unspecified atom stereocenters. The molecule has 67 heavy (non-hydrogen) atoms. The van der Waals surface area contributed by atoms with E-state index >= 15 is 8.78 Å². The third-order valence-electron chi connectivity index (χ3n) is 13.7. The predicted octanol–water partition coefficient (Wildman–Crippen LogP) is 4.14. The van der Waals surface area contributed by atoms with E-state index in [0.29, 0.717) is 35.1 Å². The molecule has 3 amide bonds. The highest BCUT2D eigenvalue weighted by atomic mass is 32.2. The molecule has 4 saturated heterocycles. The summed E-state index contributed by atoms with van der Waals surface area (Å²) in [6.07, 6.45) is 2.19. The molecule has 350 valence electrons. The van der Waals surface area contributed by atoms with Crippen molar-refractivity contribution in [3.8, 4) is 11.1 Å². The summed E-state index contributed by atoms with van der Waals surface area (Å²) < 4.78 is 73.1. The Bertz CT molecular complexity index is 2880. The molecule has 20 heteroatoms. The van der Waals surface area contributed by atoms with Gasteiger partial charge in [-0.15, -0.1) is 0 Å². The highest BCUT2D eigenvalue weighted by molar-refractivity contribution is 7.90. The monoisotopic (exact) mass is 938 g/mol. The number of rotatable bonds is 12. The van der Waals surface area contributed by atoms with Crippen LogP contribution in [0.25, 0.3) is 22.2 Å². The maximum atomic E-state index is 15.8. The molecule has 0 bridgehead atoms. The number of anilines is 3. The number of piperidine rings is 1. The Labute approximate surface area is 384 Å². The summed E-state index contributed by atoms with van der Waals surface area (Å²) in [5.74, 6) is -4.42. The van der Waals surface area contributed by atoms with Crippen LogP contribution in [0.3, 0.4) is 0 Å². The summed E-state index contributed by atoms with van der Waals surface area (Å²) in [5, 5.41) is 2.69. The number of hydrogen-bond donors (Lipinski definition) is 3. The second-order valence-corrected chi connectivity index (χ2v) is 19.4. The van der Waals surface area contributed by atoms with Gasteiger partial charge in [0.25, 0.3) is 5.91 Å². The third kappa shape index (κ3) is 8.85. The molecule has 10 rings (SSSR count). The van der Waals surface area contributed by atoms with Crippen LogP contribution in [0.1, 0.15) is 51.1 Å². The van der Waals surface area contributed by atoms with E-state index in [0.717, 1.165) is 104 Å². The second kappa shape index (κ2) is 18.0. The van der Waals surface area contributed by atoms with Crippen LogP contribution < -0.4 is 19.8 Å². The number of hydrogen-bond acceptors (Lipinski definition) is 11. The number of carbonyl (C=O) groups is 4. The van der Waals surface area contributed by atoms with Crippen LogP contribution >= 0.6 is 0 Å². The average molecular weight is 939 g/mol. The van der Waals surface area contributed by atoms with Gasteiger partial charge >= 0.3 is 10.2 Å². The summed E-state index contributed by atoms with van der Waals surface area (Å²) in [7, 11) is -4.36. The maximum Gasteiger partial charge on any atom is 0.301 e. The Morgan fingerprint density at radius 2 is 1.49 bits per heavy atom. The molecule has 0 aliphatic carbocycles. The number of aromatic amines is 1. The first-order valence-electron chi connectivity index (χ1n) is 22.5. The first-order valence-corrected chi connectivity index (χ1v) is 24.0. The van der Waals surface area contributed by atoms with Gasteiger partial charge in [-0.1, -0.05) is 12.1 Å². The standard InChI is InChI=1S/C47H49F3N10O6S/c48-32-11-12-59(28-32)67(65,66)54-39-8-7-38(49)42(43(39)50)44(62)37-26-52-45-36(37)24-30(25-51-45)29-1-3-33(4-2-29)57-19-15-55(16-20-57)13-14-56-17-21-58(22-18-56)34-5-6-35-31(23-34)27-60(47(35)64)40-9-10-41(61)53-46(40)63/h1-8,23-26,32,40,54H,9-22,27-28H2,(H,51,52)(H,53,61,63)/t32-,40?/m1/s1. The van der Waals surface area contributed by atoms with E-state index in [1.54, 1.807) is 17.2 Å². The summed E-state index contributed by atoms with van der Waals surface area (Å²) in [6.45, 7) is 8.97. The topological polar surface area (TPSA) is 175 Å². The van der Waals surface area contributed by atoms with Crippen LogP contribution in [0.2, 0.25) is 0 Å². The van der Waals surface area contributed by atoms with E-state index in [1.807, 2.05) is 41.1 Å². The Hall–Kier alpha value is -6.35. The Morgan fingerprint density at radius 1 is 0.806 bits per heavy atom. The number of halogens is 3. The number of piperazine rings is 2. The minimum absolute atomic E-state index is 0.00339. The number of ketones is 1. The Balaban J connectivity index is 0.711. The molecule has 5 aliphatic heterocycles. The lowest BCUT2D eigenvalue weighted by Crippen LogP contribution is -2.52. The van der Waals surface area contributed by atoms with Gasteiger partial charge in [0.15, 0.2) is 5.82 Å². The molecule has 2 atom stereocenters. The van der Waals surface area contributed by atoms with Crippen LogP contribution in [-0.2, 0) is 26.3 Å². The SMILES string of the molecule is O=C1CCC(N2Cc3cc(N4CCN(CCN5CCN(c6ccc(-c7cnc8[nH]cc(C(=O)c9c(F)ccc(NS(=O)(=O)N%10CC[C@@H](F)C%10)c9F)c8c7)cc6)CC5)CC4)ccc3C2=O)C(=O)N1. The van der Waals surface area contributed by atoms with Gasteiger partial charge in [-0.2, -0.15) is 12.7 Å². The predicted molar refractivity (Wildman–Crippen MR) is 245 cm³/mol. The van der Waals surface area contributed by atoms with Crippen molar-refractivity contribution in [3.63, 3.8) is 0 Å². The maximum absolute atomic E-state index is 15.8. The van der Waals surface area contributed by atoms with Crippen LogP contribution in [0, 0.1) is 11.6 Å². The number of benzene rings is 3. The minimum atomic E-state index is -4.36. The molecule has 5 aromatic rings. The number of alkyl halides is 1. The fourth-order valence-corrected chi connectivity index (χ4v) is 11.1. The van der Waals surface area contributed by atoms with Crippen LogP contribution in [0.5, 0.6) is 0 Å². The molecule has 2 aromatic heterocycles. The zero-order valence-electron chi connectivity index (χ0n) is 36.5. The van der Waals surface area contributed by atoms with Crippen molar-refractivity contribution in [2.45, 2.75) is 38.0 Å². The van der Waals surface area contributed by atoms with Crippen molar-refractivity contribution in [1.82, 2.24) is 34.3 Å². The van der Waals surface area contributed by atoms with Crippen LogP contribution in [0.4, 0.5) is 30.2 Å². The molecular weight excluding hydrogens is 890 g/mol. The quantitative estimate of drug-likeness (QED) is 0.121. The smallest absolute Gasteiger partial charge is 0.301 e. The molecule has 7 heterocycles. The third-order valence-corrected chi connectivity index (χ3v) is 15.2. The highest BCUT2D eigenvalue weighted by Gasteiger charge is 2.39. The van der Waals surface area contributed by atoms with E-state index < -0.39 is 57.0 Å². The van der Waals surface area contributed by atoms with Gasteiger partial charge in [0.2, 0.25) is 17.6 Å². The van der Waals surface area contributed by atoms with Crippen molar-refractivity contribution in [2.24, 2.45) is 0 Å². The first-order chi connectivity index (χ1) is 32.3. The molecule has 0 spiro atoms. The van der Waals surface area contributed by atoms with Crippen molar-refractivity contribution < 1.29 is 40.8 Å². The fraction of sp³-hybridized carbons (Fsp3) is 0.383. The van der Waals surface area contributed by atoms with E-state index in [9.17, 15) is 32.0 Å². The number of imide groups is 1. The number of carbonyl (C=O) groups excluding carboxylic acids is 4. The van der Waals surface area contributed by atoms with Crippen LogP contribution in [0.15, 0.2) is 73.1 Å². The van der Waals surface area contributed by atoms with Gasteiger partial charge in [0.05, 0.1) is 11.3 Å². The van der Waals surface area contributed by atoms with Crippen LogP contribution in [-0.4, -0.2) is 152 Å².